The lowest BCUT2D eigenvalue weighted by atomic mass is 10.1. The SMILES string of the molecule is CC(C)(C)NC(=O)COc1ccc(C(=O)O)c(F)c1. The summed E-state index contributed by atoms with van der Waals surface area (Å²) in [7, 11) is 0. The second-order valence-corrected chi connectivity index (χ2v) is 5.03. The van der Waals surface area contributed by atoms with E-state index < -0.39 is 17.3 Å². The zero-order valence-corrected chi connectivity index (χ0v) is 11.0. The van der Waals surface area contributed by atoms with Gasteiger partial charge in [0.1, 0.15) is 11.6 Å². The summed E-state index contributed by atoms with van der Waals surface area (Å²) in [5.41, 5.74) is -0.815. The maximum Gasteiger partial charge on any atom is 0.338 e. The second-order valence-electron chi connectivity index (χ2n) is 5.03. The van der Waals surface area contributed by atoms with Crippen molar-refractivity contribution >= 4 is 11.9 Å². The molecule has 0 aliphatic heterocycles. The predicted octanol–water partition coefficient (Wildman–Crippen LogP) is 1.82. The first kappa shape index (κ1) is 14.9. The lowest BCUT2D eigenvalue weighted by Crippen LogP contribution is -2.43. The van der Waals surface area contributed by atoms with Gasteiger partial charge in [0.05, 0.1) is 5.56 Å². The molecule has 1 aromatic carbocycles. The summed E-state index contributed by atoms with van der Waals surface area (Å²) in [6, 6.07) is 3.33. The van der Waals surface area contributed by atoms with Gasteiger partial charge < -0.3 is 15.2 Å². The number of aromatic carboxylic acids is 1. The van der Waals surface area contributed by atoms with Crippen LogP contribution in [0.25, 0.3) is 0 Å². The van der Waals surface area contributed by atoms with E-state index in [0.717, 1.165) is 12.1 Å². The molecule has 0 radical (unpaired) electrons. The number of amides is 1. The van der Waals surface area contributed by atoms with E-state index in [9.17, 15) is 14.0 Å². The number of carbonyl (C=O) groups is 2. The van der Waals surface area contributed by atoms with Crippen molar-refractivity contribution in [3.8, 4) is 5.75 Å². The average molecular weight is 269 g/mol. The van der Waals surface area contributed by atoms with Gasteiger partial charge in [-0.3, -0.25) is 4.79 Å². The Balaban J connectivity index is 2.62. The summed E-state index contributed by atoms with van der Waals surface area (Å²) >= 11 is 0. The molecule has 0 aliphatic rings. The Hall–Kier alpha value is -2.11. The van der Waals surface area contributed by atoms with Gasteiger partial charge in [-0.1, -0.05) is 0 Å². The first-order valence-corrected chi connectivity index (χ1v) is 5.66. The molecule has 5 nitrogen and oxygen atoms in total. The van der Waals surface area contributed by atoms with Crippen LogP contribution < -0.4 is 10.1 Å². The molecule has 0 saturated heterocycles. The number of carbonyl (C=O) groups excluding carboxylic acids is 1. The number of halogens is 1. The Bertz CT molecular complexity index is 494. The van der Waals surface area contributed by atoms with Crippen LogP contribution in [0, 0.1) is 5.82 Å². The monoisotopic (exact) mass is 269 g/mol. The van der Waals surface area contributed by atoms with E-state index in [0.29, 0.717) is 0 Å². The van der Waals surface area contributed by atoms with Crippen LogP contribution >= 0.6 is 0 Å². The molecule has 0 spiro atoms. The van der Waals surface area contributed by atoms with E-state index in [-0.39, 0.29) is 23.8 Å². The first-order valence-electron chi connectivity index (χ1n) is 5.66. The van der Waals surface area contributed by atoms with Crippen LogP contribution in [0.2, 0.25) is 0 Å². The van der Waals surface area contributed by atoms with Crippen LogP contribution in [0.3, 0.4) is 0 Å². The molecule has 19 heavy (non-hydrogen) atoms. The van der Waals surface area contributed by atoms with Gasteiger partial charge in [-0.2, -0.15) is 0 Å². The maximum absolute atomic E-state index is 13.3. The lowest BCUT2D eigenvalue weighted by Gasteiger charge is -2.20. The standard InChI is InChI=1S/C13H16FNO4/c1-13(2,3)15-11(16)7-19-8-4-5-9(12(17)18)10(14)6-8/h4-6H,7H2,1-3H3,(H,15,16)(H,17,18). The molecular formula is C13H16FNO4. The summed E-state index contributed by atoms with van der Waals surface area (Å²) in [6.45, 7) is 5.22. The summed E-state index contributed by atoms with van der Waals surface area (Å²) in [5.74, 6) is -2.49. The molecule has 1 amide bonds. The summed E-state index contributed by atoms with van der Waals surface area (Å²) < 4.78 is 18.4. The summed E-state index contributed by atoms with van der Waals surface area (Å²) in [6.07, 6.45) is 0. The molecular weight excluding hydrogens is 253 g/mol. The first-order chi connectivity index (χ1) is 8.69. The Labute approximate surface area is 110 Å². The van der Waals surface area contributed by atoms with Crippen molar-refractivity contribution in [3.63, 3.8) is 0 Å². The molecule has 6 heteroatoms. The van der Waals surface area contributed by atoms with Crippen molar-refractivity contribution in [2.24, 2.45) is 0 Å². The van der Waals surface area contributed by atoms with Crippen molar-refractivity contribution in [2.45, 2.75) is 26.3 Å². The molecule has 1 rings (SSSR count). The van der Waals surface area contributed by atoms with Gasteiger partial charge in [-0.25, -0.2) is 9.18 Å². The van der Waals surface area contributed by atoms with Crippen molar-refractivity contribution in [1.29, 1.82) is 0 Å². The number of carboxylic acids is 1. The summed E-state index contributed by atoms with van der Waals surface area (Å²) in [4.78, 5) is 22.1. The Morgan fingerprint density at radius 2 is 2.00 bits per heavy atom. The Kier molecular flexibility index (Phi) is 4.47. The Morgan fingerprint density at radius 3 is 2.47 bits per heavy atom. The average Bonchev–Trinajstić information content (AvgIpc) is 2.23. The number of rotatable bonds is 4. The zero-order chi connectivity index (χ0) is 14.6. The molecule has 104 valence electrons. The normalized spacial score (nSPS) is 10.9. The number of hydrogen-bond acceptors (Lipinski definition) is 3. The molecule has 0 aromatic heterocycles. The number of nitrogens with one attached hydrogen (secondary N) is 1. The zero-order valence-electron chi connectivity index (χ0n) is 11.0. The molecule has 0 bridgehead atoms. The van der Waals surface area contributed by atoms with Crippen molar-refractivity contribution in [2.75, 3.05) is 6.61 Å². The van der Waals surface area contributed by atoms with Gasteiger partial charge in [0.15, 0.2) is 6.61 Å². The molecule has 0 heterocycles. The van der Waals surface area contributed by atoms with E-state index in [1.54, 1.807) is 0 Å². The quantitative estimate of drug-likeness (QED) is 0.874. The minimum absolute atomic E-state index is 0.103. The molecule has 0 saturated carbocycles. The fourth-order valence-electron chi connectivity index (χ4n) is 1.36. The molecule has 0 unspecified atom stereocenters. The molecule has 0 aliphatic carbocycles. The molecule has 0 fully saturated rings. The highest BCUT2D eigenvalue weighted by molar-refractivity contribution is 5.88. The van der Waals surface area contributed by atoms with Crippen LogP contribution in [-0.4, -0.2) is 29.1 Å². The fourth-order valence-corrected chi connectivity index (χ4v) is 1.36. The van der Waals surface area contributed by atoms with Gasteiger partial charge in [-0.15, -0.1) is 0 Å². The number of benzene rings is 1. The highest BCUT2D eigenvalue weighted by Gasteiger charge is 2.15. The van der Waals surface area contributed by atoms with E-state index in [1.807, 2.05) is 20.8 Å². The van der Waals surface area contributed by atoms with Crippen LogP contribution in [0.4, 0.5) is 4.39 Å². The topological polar surface area (TPSA) is 75.6 Å². The third kappa shape index (κ3) is 4.95. The minimum atomic E-state index is -1.35. The predicted molar refractivity (Wildman–Crippen MR) is 66.8 cm³/mol. The van der Waals surface area contributed by atoms with Crippen LogP contribution in [0.15, 0.2) is 18.2 Å². The maximum atomic E-state index is 13.3. The van der Waals surface area contributed by atoms with Gasteiger partial charge >= 0.3 is 5.97 Å². The van der Waals surface area contributed by atoms with Crippen molar-refractivity contribution < 1.29 is 23.8 Å². The van der Waals surface area contributed by atoms with Gasteiger partial charge in [0, 0.05) is 11.6 Å². The highest BCUT2D eigenvalue weighted by Crippen LogP contribution is 2.16. The van der Waals surface area contributed by atoms with Crippen LogP contribution in [0.1, 0.15) is 31.1 Å². The number of carboxylic acid groups (broad SMARTS) is 1. The third-order valence-electron chi connectivity index (χ3n) is 2.06. The van der Waals surface area contributed by atoms with E-state index in [4.69, 9.17) is 9.84 Å². The largest absolute Gasteiger partial charge is 0.484 e. The van der Waals surface area contributed by atoms with Crippen LogP contribution in [0.5, 0.6) is 5.75 Å². The van der Waals surface area contributed by atoms with E-state index in [2.05, 4.69) is 5.32 Å². The highest BCUT2D eigenvalue weighted by atomic mass is 19.1. The van der Waals surface area contributed by atoms with Gasteiger partial charge in [0.25, 0.3) is 5.91 Å². The summed E-state index contributed by atoms with van der Waals surface area (Å²) in [5, 5.41) is 11.3. The molecule has 1 aromatic rings. The molecule has 0 atom stereocenters. The number of hydrogen-bond donors (Lipinski definition) is 2. The Morgan fingerprint density at radius 1 is 1.37 bits per heavy atom. The lowest BCUT2D eigenvalue weighted by molar-refractivity contribution is -0.124. The third-order valence-corrected chi connectivity index (χ3v) is 2.06. The van der Waals surface area contributed by atoms with Gasteiger partial charge in [0.2, 0.25) is 0 Å². The van der Waals surface area contributed by atoms with Crippen molar-refractivity contribution in [1.82, 2.24) is 5.32 Å². The second kappa shape index (κ2) is 5.69. The van der Waals surface area contributed by atoms with Crippen LogP contribution in [-0.2, 0) is 4.79 Å². The van der Waals surface area contributed by atoms with Gasteiger partial charge in [-0.05, 0) is 32.9 Å². The van der Waals surface area contributed by atoms with E-state index in [1.165, 1.54) is 6.07 Å². The van der Waals surface area contributed by atoms with Crippen molar-refractivity contribution in [3.05, 3.63) is 29.6 Å². The molecule has 2 N–H and O–H groups in total. The fraction of sp³-hybridized carbons (Fsp3) is 0.385. The van der Waals surface area contributed by atoms with E-state index >= 15 is 0 Å². The minimum Gasteiger partial charge on any atom is -0.484 e. The smallest absolute Gasteiger partial charge is 0.338 e. The number of ether oxygens (including phenoxy) is 1.